The quantitative estimate of drug-likeness (QED) is 0.225. The van der Waals surface area contributed by atoms with Gasteiger partial charge in [0.1, 0.15) is 11.5 Å². The fourth-order valence-corrected chi connectivity index (χ4v) is 2.31. The van der Waals surface area contributed by atoms with Crippen molar-refractivity contribution >= 4 is 24.2 Å². The van der Waals surface area contributed by atoms with Crippen molar-refractivity contribution in [3.05, 3.63) is 96.0 Å². The van der Waals surface area contributed by atoms with Crippen LogP contribution in [0.25, 0.3) is 6.08 Å². The van der Waals surface area contributed by atoms with Gasteiger partial charge in [0, 0.05) is 6.08 Å². The Bertz CT molecular complexity index is 960. The van der Waals surface area contributed by atoms with E-state index in [0.29, 0.717) is 11.5 Å². The van der Waals surface area contributed by atoms with Crippen molar-refractivity contribution in [1.29, 1.82) is 0 Å². The Balaban J connectivity index is 1.46. The predicted octanol–water partition coefficient (Wildman–Crippen LogP) is 3.59. The summed E-state index contributed by atoms with van der Waals surface area (Å²) in [6, 6.07) is 19.6. The highest BCUT2D eigenvalue weighted by molar-refractivity contribution is 5.88. The highest BCUT2D eigenvalue weighted by Gasteiger charge is 2.02. The maximum absolute atomic E-state index is 11.8. The number of rotatable bonds is 7. The SMILES string of the molecule is O=C(Cc1ccccc1)NN=Cc1ccc(OC(=O)/C=C\c2ccco2)cc1. The summed E-state index contributed by atoms with van der Waals surface area (Å²) in [5.41, 5.74) is 4.16. The molecule has 6 heteroatoms. The van der Waals surface area contributed by atoms with E-state index < -0.39 is 5.97 Å². The van der Waals surface area contributed by atoms with Crippen molar-refractivity contribution in [1.82, 2.24) is 5.43 Å². The number of nitrogens with one attached hydrogen (secondary N) is 1. The van der Waals surface area contributed by atoms with Gasteiger partial charge in [-0.1, -0.05) is 30.3 Å². The minimum absolute atomic E-state index is 0.198. The summed E-state index contributed by atoms with van der Waals surface area (Å²) in [6.45, 7) is 0. The lowest BCUT2D eigenvalue weighted by molar-refractivity contribution is -0.129. The van der Waals surface area contributed by atoms with E-state index in [4.69, 9.17) is 9.15 Å². The third kappa shape index (κ3) is 6.10. The average molecular weight is 374 g/mol. The molecule has 0 aliphatic carbocycles. The minimum atomic E-state index is -0.508. The molecule has 0 bridgehead atoms. The lowest BCUT2D eigenvalue weighted by Gasteiger charge is -2.02. The summed E-state index contributed by atoms with van der Waals surface area (Å²) >= 11 is 0. The third-order valence-electron chi connectivity index (χ3n) is 3.64. The van der Waals surface area contributed by atoms with Crippen LogP contribution in [0.3, 0.4) is 0 Å². The van der Waals surface area contributed by atoms with E-state index in [-0.39, 0.29) is 12.3 Å². The van der Waals surface area contributed by atoms with Gasteiger partial charge in [-0.15, -0.1) is 0 Å². The number of amides is 1. The largest absolute Gasteiger partial charge is 0.465 e. The number of carbonyl (C=O) groups is 2. The second kappa shape index (κ2) is 9.68. The van der Waals surface area contributed by atoms with Gasteiger partial charge in [-0.2, -0.15) is 5.10 Å². The molecule has 2 aromatic carbocycles. The Hall–Kier alpha value is -3.93. The standard InChI is InChI=1S/C22H18N2O4/c25-21(15-17-5-2-1-3-6-17)24-23-16-18-8-10-20(11-9-18)28-22(26)13-12-19-7-4-14-27-19/h1-14,16H,15H2,(H,24,25)/b13-12-,23-16?. The number of esters is 1. The number of benzene rings is 2. The first-order valence-corrected chi connectivity index (χ1v) is 8.58. The van der Waals surface area contributed by atoms with Crippen LogP contribution < -0.4 is 10.2 Å². The average Bonchev–Trinajstić information content (AvgIpc) is 3.22. The van der Waals surface area contributed by atoms with Gasteiger partial charge in [-0.05, 0) is 53.6 Å². The molecular weight excluding hydrogens is 356 g/mol. The zero-order chi connectivity index (χ0) is 19.6. The third-order valence-corrected chi connectivity index (χ3v) is 3.64. The van der Waals surface area contributed by atoms with Crippen LogP contribution >= 0.6 is 0 Å². The summed E-state index contributed by atoms with van der Waals surface area (Å²) in [6.07, 6.45) is 6.12. The number of furan rings is 1. The maximum Gasteiger partial charge on any atom is 0.336 e. The van der Waals surface area contributed by atoms with Crippen molar-refractivity contribution in [3.8, 4) is 5.75 Å². The molecule has 0 saturated carbocycles. The van der Waals surface area contributed by atoms with E-state index in [1.54, 1.807) is 36.4 Å². The fraction of sp³-hybridized carbons (Fsp3) is 0.0455. The van der Waals surface area contributed by atoms with E-state index in [1.165, 1.54) is 24.6 Å². The summed E-state index contributed by atoms with van der Waals surface area (Å²) in [4.78, 5) is 23.6. The topological polar surface area (TPSA) is 80.9 Å². The van der Waals surface area contributed by atoms with Gasteiger partial charge in [0.25, 0.3) is 0 Å². The van der Waals surface area contributed by atoms with Crippen LogP contribution in [0.1, 0.15) is 16.9 Å². The van der Waals surface area contributed by atoms with Crippen LogP contribution in [-0.2, 0) is 16.0 Å². The van der Waals surface area contributed by atoms with Crippen molar-refractivity contribution < 1.29 is 18.7 Å². The molecule has 1 N–H and O–H groups in total. The van der Waals surface area contributed by atoms with Gasteiger partial charge in [0.15, 0.2) is 0 Å². The molecule has 1 heterocycles. The summed E-state index contributed by atoms with van der Waals surface area (Å²) < 4.78 is 10.3. The lowest BCUT2D eigenvalue weighted by Crippen LogP contribution is -2.19. The van der Waals surface area contributed by atoms with Crippen LogP contribution in [0.4, 0.5) is 0 Å². The van der Waals surface area contributed by atoms with Gasteiger partial charge in [0.05, 0.1) is 18.9 Å². The molecule has 0 aliphatic heterocycles. The minimum Gasteiger partial charge on any atom is -0.465 e. The van der Waals surface area contributed by atoms with Crippen LogP contribution in [0, 0.1) is 0 Å². The van der Waals surface area contributed by atoms with E-state index in [9.17, 15) is 9.59 Å². The van der Waals surface area contributed by atoms with Crippen molar-refractivity contribution in [2.24, 2.45) is 5.10 Å². The molecular formula is C22H18N2O4. The van der Waals surface area contributed by atoms with Gasteiger partial charge < -0.3 is 9.15 Å². The lowest BCUT2D eigenvalue weighted by atomic mass is 10.1. The second-order valence-corrected chi connectivity index (χ2v) is 5.79. The number of hydrogen-bond acceptors (Lipinski definition) is 5. The summed E-state index contributed by atoms with van der Waals surface area (Å²) in [5.74, 6) is 0.263. The highest BCUT2D eigenvalue weighted by Crippen LogP contribution is 2.12. The molecule has 1 aromatic heterocycles. The smallest absolute Gasteiger partial charge is 0.336 e. The van der Waals surface area contributed by atoms with Crippen LogP contribution in [0.2, 0.25) is 0 Å². The monoisotopic (exact) mass is 374 g/mol. The first-order valence-electron chi connectivity index (χ1n) is 8.58. The van der Waals surface area contributed by atoms with Crippen molar-refractivity contribution in [3.63, 3.8) is 0 Å². The van der Waals surface area contributed by atoms with Gasteiger partial charge >= 0.3 is 5.97 Å². The number of nitrogens with zero attached hydrogens (tertiary/aromatic N) is 1. The first kappa shape index (κ1) is 18.8. The molecule has 1 amide bonds. The van der Waals surface area contributed by atoms with Gasteiger partial charge in [-0.3, -0.25) is 4.79 Å². The molecule has 0 atom stereocenters. The van der Waals surface area contributed by atoms with Gasteiger partial charge in [-0.25, -0.2) is 10.2 Å². The molecule has 0 saturated heterocycles. The van der Waals surface area contributed by atoms with Gasteiger partial charge in [0.2, 0.25) is 5.91 Å². The van der Waals surface area contributed by atoms with Crippen LogP contribution in [0.15, 0.2) is 88.6 Å². The Morgan fingerprint density at radius 1 is 1.00 bits per heavy atom. The maximum atomic E-state index is 11.8. The first-order chi connectivity index (χ1) is 13.7. The normalized spacial score (nSPS) is 11.0. The van der Waals surface area contributed by atoms with E-state index in [1.807, 2.05) is 30.3 Å². The molecule has 0 fully saturated rings. The Labute approximate surface area is 162 Å². The highest BCUT2D eigenvalue weighted by atomic mass is 16.5. The zero-order valence-corrected chi connectivity index (χ0v) is 14.9. The zero-order valence-electron chi connectivity index (χ0n) is 14.9. The Morgan fingerprint density at radius 3 is 2.50 bits per heavy atom. The second-order valence-electron chi connectivity index (χ2n) is 5.79. The van der Waals surface area contributed by atoms with Crippen LogP contribution in [0.5, 0.6) is 5.75 Å². The Morgan fingerprint density at radius 2 is 1.79 bits per heavy atom. The van der Waals surface area contributed by atoms with E-state index >= 15 is 0 Å². The molecule has 3 aromatic rings. The number of hydrazone groups is 1. The number of ether oxygens (including phenoxy) is 1. The molecule has 3 rings (SSSR count). The van der Waals surface area contributed by atoms with Crippen molar-refractivity contribution in [2.75, 3.05) is 0 Å². The molecule has 0 spiro atoms. The predicted molar refractivity (Wildman–Crippen MR) is 106 cm³/mol. The molecule has 0 unspecified atom stereocenters. The van der Waals surface area contributed by atoms with E-state index in [2.05, 4.69) is 10.5 Å². The van der Waals surface area contributed by atoms with Crippen molar-refractivity contribution in [2.45, 2.75) is 6.42 Å². The molecule has 140 valence electrons. The molecule has 0 radical (unpaired) electrons. The number of hydrogen-bond donors (Lipinski definition) is 1. The fourth-order valence-electron chi connectivity index (χ4n) is 2.31. The number of carbonyl (C=O) groups excluding carboxylic acids is 2. The Kier molecular flexibility index (Phi) is 6.52. The molecule has 6 nitrogen and oxygen atoms in total. The van der Waals surface area contributed by atoms with Crippen LogP contribution in [-0.4, -0.2) is 18.1 Å². The summed E-state index contributed by atoms with van der Waals surface area (Å²) in [7, 11) is 0. The molecule has 28 heavy (non-hydrogen) atoms. The summed E-state index contributed by atoms with van der Waals surface area (Å²) in [5, 5.41) is 3.93. The molecule has 0 aliphatic rings. The van der Waals surface area contributed by atoms with E-state index in [0.717, 1.165) is 11.1 Å².